The number of nitrogens with one attached hydrogen (secondary N) is 2. The Morgan fingerprint density at radius 1 is 1.30 bits per heavy atom. The molecule has 1 heterocycles. The van der Waals surface area contributed by atoms with E-state index in [0.29, 0.717) is 5.92 Å². The van der Waals surface area contributed by atoms with Crippen LogP contribution < -0.4 is 28.5 Å². The normalized spacial score (nSPS) is 42.8. The van der Waals surface area contributed by atoms with Crippen LogP contribution in [0.25, 0.3) is 0 Å². The second-order valence-corrected chi connectivity index (χ2v) is 11.4. The molecule has 0 radical (unpaired) electrons. The van der Waals surface area contributed by atoms with Crippen LogP contribution in [0.4, 0.5) is 0 Å². The molecule has 3 aliphatic carbocycles. The van der Waals surface area contributed by atoms with Crippen LogP contribution in [0.15, 0.2) is 0 Å². The first-order valence-electron chi connectivity index (χ1n) is 9.11. The van der Waals surface area contributed by atoms with E-state index in [0.717, 1.165) is 24.7 Å². The Kier molecular flexibility index (Phi) is 4.91. The van der Waals surface area contributed by atoms with Gasteiger partial charge in [0.05, 0.1) is 0 Å². The summed E-state index contributed by atoms with van der Waals surface area (Å²) in [7, 11) is 0. The number of carbonyl (C=O) groups excluding carboxylic acids is 1. The molecular formula is C17H27I2N2O2-. The van der Waals surface area contributed by atoms with Crippen molar-refractivity contribution in [1.82, 2.24) is 7.06 Å². The fraction of sp³-hybridized carbons (Fsp3) is 0.941. The van der Waals surface area contributed by atoms with Crippen LogP contribution in [0.5, 0.6) is 0 Å². The molecule has 0 spiro atoms. The van der Waals surface area contributed by atoms with Crippen molar-refractivity contribution < 1.29 is 31.0 Å². The van der Waals surface area contributed by atoms with Gasteiger partial charge < -0.3 is 0 Å². The van der Waals surface area contributed by atoms with Crippen molar-refractivity contribution in [2.75, 3.05) is 0 Å². The van der Waals surface area contributed by atoms with E-state index in [4.69, 9.17) is 4.74 Å². The molecule has 4 fully saturated rings. The second-order valence-electron chi connectivity index (χ2n) is 8.03. The molecule has 6 heteroatoms. The first-order valence-corrected chi connectivity index (χ1v) is 12.3. The summed E-state index contributed by atoms with van der Waals surface area (Å²) < 4.78 is 12.7. The second kappa shape index (κ2) is 6.54. The van der Waals surface area contributed by atoms with Gasteiger partial charge in [-0.05, 0) is 0 Å². The van der Waals surface area contributed by atoms with E-state index in [1.165, 1.54) is 44.9 Å². The first kappa shape index (κ1) is 17.3. The van der Waals surface area contributed by atoms with Crippen LogP contribution >= 0.6 is 22.9 Å². The molecule has 0 aromatic rings. The fourth-order valence-corrected chi connectivity index (χ4v) is 8.38. The Morgan fingerprint density at radius 2 is 2.04 bits per heavy atom. The minimum atomic E-state index is -0.373. The predicted octanol–water partition coefficient (Wildman–Crippen LogP) is 0.300. The zero-order valence-corrected chi connectivity index (χ0v) is 18.1. The molecule has 0 aromatic heterocycles. The number of esters is 1. The summed E-state index contributed by atoms with van der Waals surface area (Å²) in [6, 6.07) is 0.157. The van der Waals surface area contributed by atoms with Gasteiger partial charge in [-0.2, -0.15) is 0 Å². The molecule has 1 aliphatic heterocycles. The summed E-state index contributed by atoms with van der Waals surface area (Å²) in [5.41, 5.74) is -0.138. The van der Waals surface area contributed by atoms with E-state index in [-0.39, 0.29) is 42.6 Å². The van der Waals surface area contributed by atoms with Gasteiger partial charge in [0.2, 0.25) is 0 Å². The average molecular weight is 545 g/mol. The zero-order chi connectivity index (χ0) is 16.1. The third-order valence-electron chi connectivity index (χ3n) is 6.77. The Hall–Kier alpha value is 0.850. The molecule has 23 heavy (non-hydrogen) atoms. The van der Waals surface area contributed by atoms with Gasteiger partial charge >= 0.3 is 165 Å². The Morgan fingerprint density at radius 3 is 2.57 bits per heavy atom. The van der Waals surface area contributed by atoms with Crippen LogP contribution in [-0.4, -0.2) is 21.2 Å². The standard InChI is InChI=1S/C17H27I2N2O2/c1-11(20-18)17(19-21-17)15(22)23-16(7-3-2-4-8-16)14-10-12-5-6-13(14)9-12/h11-14,20-21H,2-10H2,1H3/q-1. The topological polar surface area (TPSA) is 60.3 Å². The van der Waals surface area contributed by atoms with E-state index >= 15 is 0 Å². The molecule has 1 saturated heterocycles. The van der Waals surface area contributed by atoms with Crippen molar-refractivity contribution in [2.45, 2.75) is 79.9 Å². The molecular weight excluding hydrogens is 518 g/mol. The molecule has 0 amide bonds. The summed E-state index contributed by atoms with van der Waals surface area (Å²) in [4.78, 5) is 13.1. The van der Waals surface area contributed by atoms with E-state index < -0.39 is 0 Å². The summed E-state index contributed by atoms with van der Waals surface area (Å²) in [5.74, 6) is 2.43. The minimum absolute atomic E-state index is 0.0478. The monoisotopic (exact) mass is 545 g/mol. The van der Waals surface area contributed by atoms with Gasteiger partial charge in [-0.15, -0.1) is 0 Å². The van der Waals surface area contributed by atoms with Crippen molar-refractivity contribution in [3.8, 4) is 0 Å². The molecule has 4 nitrogen and oxygen atoms in total. The Labute approximate surface area is 163 Å². The molecule has 0 aromatic carbocycles. The van der Waals surface area contributed by atoms with Crippen LogP contribution in [0.3, 0.4) is 0 Å². The van der Waals surface area contributed by atoms with Gasteiger partial charge in [-0.1, -0.05) is 0 Å². The third-order valence-corrected chi connectivity index (χ3v) is 10.8. The van der Waals surface area contributed by atoms with Crippen molar-refractivity contribution in [3.05, 3.63) is 0 Å². The fourth-order valence-electron chi connectivity index (χ4n) is 5.39. The summed E-state index contributed by atoms with van der Waals surface area (Å²) in [6.45, 7) is 2.10. The number of halogens is 2. The molecule has 3 saturated carbocycles. The number of hydrogen-bond acceptors (Lipinski definition) is 4. The van der Waals surface area contributed by atoms with Crippen LogP contribution in [0, 0.1) is 17.8 Å². The Bertz CT molecular complexity index is 477. The van der Waals surface area contributed by atoms with E-state index in [1.54, 1.807) is 0 Å². The van der Waals surface area contributed by atoms with E-state index in [1.807, 2.05) is 0 Å². The maximum atomic E-state index is 13.1. The SMILES string of the molecule is CC(NI)C1(C(=O)OC2(C3CC4CCC3C4)CCCCC2)N[I-]1. The number of alkyl halides is 1. The van der Waals surface area contributed by atoms with E-state index in [9.17, 15) is 4.79 Å². The van der Waals surface area contributed by atoms with Crippen LogP contribution in [-0.2, 0) is 9.53 Å². The molecule has 5 atom stereocenters. The van der Waals surface area contributed by atoms with Crippen molar-refractivity contribution in [3.63, 3.8) is 0 Å². The molecule has 4 rings (SSSR count). The van der Waals surface area contributed by atoms with Gasteiger partial charge in [-0.3, -0.25) is 0 Å². The number of carbonyl (C=O) groups is 1. The number of ether oxygens (including phenoxy) is 1. The predicted molar refractivity (Wildman–Crippen MR) is 93.3 cm³/mol. The molecule has 5 unspecified atom stereocenters. The number of hydrogen-bond donors (Lipinski definition) is 2. The number of rotatable bonds is 5. The van der Waals surface area contributed by atoms with Gasteiger partial charge in [0.25, 0.3) is 0 Å². The van der Waals surface area contributed by atoms with Crippen LogP contribution in [0.1, 0.15) is 64.7 Å². The van der Waals surface area contributed by atoms with Crippen molar-refractivity contribution in [1.29, 1.82) is 0 Å². The zero-order valence-electron chi connectivity index (χ0n) is 13.7. The molecule has 132 valence electrons. The van der Waals surface area contributed by atoms with Crippen LogP contribution in [0.2, 0.25) is 0 Å². The average Bonchev–Trinajstić information content (AvgIpc) is 3.12. The van der Waals surface area contributed by atoms with E-state index in [2.05, 4.69) is 36.8 Å². The third kappa shape index (κ3) is 2.97. The first-order chi connectivity index (χ1) is 11.1. The molecule has 4 aliphatic rings. The Balaban J connectivity index is 1.54. The maximum absolute atomic E-state index is 13.1. The van der Waals surface area contributed by atoms with Gasteiger partial charge in [0.1, 0.15) is 0 Å². The molecule has 2 N–H and O–H groups in total. The van der Waals surface area contributed by atoms with Gasteiger partial charge in [-0.25, -0.2) is 0 Å². The summed E-state index contributed by atoms with van der Waals surface area (Å²) >= 11 is 1.90. The van der Waals surface area contributed by atoms with Crippen molar-refractivity contribution in [2.24, 2.45) is 17.8 Å². The van der Waals surface area contributed by atoms with Gasteiger partial charge in [0.15, 0.2) is 0 Å². The quantitative estimate of drug-likeness (QED) is 0.131. The summed E-state index contributed by atoms with van der Waals surface area (Å²) in [5, 5.41) is 0. The van der Waals surface area contributed by atoms with Gasteiger partial charge in [0, 0.05) is 0 Å². The molecule has 2 bridgehead atoms. The van der Waals surface area contributed by atoms with Crippen molar-refractivity contribution >= 4 is 28.8 Å². The number of fused-ring (bicyclic) bond motifs is 2. The summed E-state index contributed by atoms with van der Waals surface area (Å²) in [6.07, 6.45) is 11.5.